The van der Waals surface area contributed by atoms with Gasteiger partial charge in [0.15, 0.2) is 10.1 Å². The average molecular weight is 684 g/mol. The Morgan fingerprint density at radius 1 is 1.17 bits per heavy atom. The molecule has 0 saturated heterocycles. The summed E-state index contributed by atoms with van der Waals surface area (Å²) < 4.78 is 77.0. The van der Waals surface area contributed by atoms with Crippen molar-refractivity contribution in [2.24, 2.45) is 5.73 Å². The van der Waals surface area contributed by atoms with Crippen LogP contribution in [0.3, 0.4) is 0 Å². The Labute approximate surface area is 266 Å². The van der Waals surface area contributed by atoms with E-state index in [1.165, 1.54) is 0 Å². The summed E-state index contributed by atoms with van der Waals surface area (Å²) >= 11 is 0. The van der Waals surface area contributed by atoms with Gasteiger partial charge in [-0.3, -0.25) is 19.0 Å². The first-order valence-corrected chi connectivity index (χ1v) is 15.7. The largest absolute Gasteiger partial charge is 0.741 e. The van der Waals surface area contributed by atoms with E-state index in [0.717, 1.165) is 22.2 Å². The van der Waals surface area contributed by atoms with Crippen LogP contribution in [0.15, 0.2) is 41.2 Å². The topological polar surface area (TPSA) is 198 Å². The van der Waals surface area contributed by atoms with Crippen molar-refractivity contribution < 1.29 is 59.7 Å². The number of cyclic esters (lactones) is 1. The molecule has 2 aliphatic rings. The van der Waals surface area contributed by atoms with Crippen molar-refractivity contribution >= 4 is 38.9 Å². The maximum Gasteiger partial charge on any atom is 0.485 e. The van der Waals surface area contributed by atoms with Gasteiger partial charge in [-0.05, 0) is 51.8 Å². The van der Waals surface area contributed by atoms with Crippen molar-refractivity contribution in [1.29, 1.82) is 0 Å². The number of H-pyrrole nitrogens is 1. The van der Waals surface area contributed by atoms with Gasteiger partial charge in [-0.15, -0.1) is 0 Å². The summed E-state index contributed by atoms with van der Waals surface area (Å²) in [5.74, 6) is -2.11. The van der Waals surface area contributed by atoms with Crippen LogP contribution in [0.5, 0.6) is 0 Å². The molecule has 3 N–H and O–H groups in total. The van der Waals surface area contributed by atoms with Gasteiger partial charge in [0, 0.05) is 29.0 Å². The third-order valence-corrected chi connectivity index (χ3v) is 7.97. The van der Waals surface area contributed by atoms with E-state index in [9.17, 15) is 32.3 Å². The zero-order chi connectivity index (χ0) is 35.1. The number of benzene rings is 1. The first-order valence-electron chi connectivity index (χ1n) is 14.3. The Morgan fingerprint density at radius 2 is 1.81 bits per heavy atom. The molecule has 0 aliphatic carbocycles. The number of nitrogens with zero attached hydrogens (tertiary/aromatic N) is 1. The Hall–Kier alpha value is -4.35. The minimum atomic E-state index is -6.09. The number of nitrogens with one attached hydrogen (secondary N) is 1. The summed E-state index contributed by atoms with van der Waals surface area (Å²) in [5, 5.41) is 1.02. The van der Waals surface area contributed by atoms with Crippen LogP contribution in [-0.2, 0) is 57.5 Å². The van der Waals surface area contributed by atoms with Crippen LogP contribution in [0.1, 0.15) is 63.6 Å². The molecule has 0 radical (unpaired) electrons. The standard InChI is InChI=1S/C29H31N3O7.CHF3O3S/c1-5-29(38-23(33)11-10-20(30)26(35)39-28(2,3)4)19-13-22-24-17(12-16-8-6-7-9-21(16)31-24)14-32(22)25(34)18(19)15-37-27(29)36;2-1(3,4)8(5,6)7/h6-9,12-13,20H,5,10-11,14-15,30H2,1-4H3;(H,5,6,7)/t20-,29-;/m0./s1. The number of para-hydroxylation sites is 1. The molecule has 0 amide bonds. The van der Waals surface area contributed by atoms with Crippen LogP contribution in [0.4, 0.5) is 13.2 Å². The Balaban J connectivity index is 0.000000555. The van der Waals surface area contributed by atoms with Crippen molar-refractivity contribution in [1.82, 2.24) is 4.57 Å². The lowest BCUT2D eigenvalue weighted by Crippen LogP contribution is -2.47. The minimum Gasteiger partial charge on any atom is -0.741 e. The third kappa shape index (κ3) is 7.31. The summed E-state index contributed by atoms with van der Waals surface area (Å²) in [5.41, 5.74) is 1.28. The molecule has 0 fully saturated rings. The fraction of sp³-hybridized carbons (Fsp3) is 0.433. The smallest absolute Gasteiger partial charge is 0.485 e. The molecule has 0 saturated carbocycles. The van der Waals surface area contributed by atoms with Crippen molar-refractivity contribution in [3.63, 3.8) is 0 Å². The number of pyridine rings is 2. The second kappa shape index (κ2) is 12.7. The van der Waals surface area contributed by atoms with Crippen molar-refractivity contribution in [2.45, 2.75) is 82.9 Å². The van der Waals surface area contributed by atoms with Crippen LogP contribution in [-0.4, -0.2) is 52.6 Å². The van der Waals surface area contributed by atoms with E-state index in [0.29, 0.717) is 17.8 Å². The number of hydrogen-bond donors (Lipinski definition) is 1. The van der Waals surface area contributed by atoms with E-state index in [4.69, 9.17) is 32.9 Å². The molecule has 0 bridgehead atoms. The summed E-state index contributed by atoms with van der Waals surface area (Å²) in [7, 11) is -6.09. The van der Waals surface area contributed by atoms with Gasteiger partial charge in [0.25, 0.3) is 5.56 Å². The van der Waals surface area contributed by atoms with E-state index in [-0.39, 0.29) is 37.0 Å². The van der Waals surface area contributed by atoms with Crippen LogP contribution >= 0.6 is 0 Å². The Bertz CT molecular complexity index is 1920. The minimum absolute atomic E-state index is 0.0301. The molecule has 2 atom stereocenters. The molecule has 2 aliphatic heterocycles. The number of ether oxygens (including phenoxy) is 3. The number of nitrogens with two attached hydrogens (primary N) is 1. The van der Waals surface area contributed by atoms with E-state index in [1.807, 2.05) is 30.3 Å². The fourth-order valence-corrected chi connectivity index (χ4v) is 5.17. The molecule has 1 aromatic carbocycles. The molecule has 47 heavy (non-hydrogen) atoms. The highest BCUT2D eigenvalue weighted by Gasteiger charge is 2.50. The predicted octanol–water partition coefficient (Wildman–Crippen LogP) is 2.55. The highest BCUT2D eigenvalue weighted by molar-refractivity contribution is 7.86. The average Bonchev–Trinajstić information content (AvgIpc) is 3.32. The number of rotatable bonds is 6. The Morgan fingerprint density at radius 3 is 2.40 bits per heavy atom. The van der Waals surface area contributed by atoms with Crippen LogP contribution in [0, 0.1) is 0 Å². The van der Waals surface area contributed by atoms with Crippen LogP contribution in [0.25, 0.3) is 22.3 Å². The van der Waals surface area contributed by atoms with Gasteiger partial charge in [0.1, 0.15) is 23.9 Å². The zero-order valence-corrected chi connectivity index (χ0v) is 26.5. The molecule has 4 heterocycles. The first-order chi connectivity index (χ1) is 21.7. The van der Waals surface area contributed by atoms with Crippen molar-refractivity contribution in [3.8, 4) is 11.4 Å². The van der Waals surface area contributed by atoms with Gasteiger partial charge >= 0.3 is 23.4 Å². The quantitative estimate of drug-likeness (QED) is 0.136. The number of hydrogen-bond acceptors (Lipinski definition) is 11. The van der Waals surface area contributed by atoms with Gasteiger partial charge in [-0.1, -0.05) is 19.1 Å². The molecule has 3 aromatic rings. The maximum atomic E-state index is 13.6. The maximum absolute atomic E-state index is 13.6. The normalized spacial score (nSPS) is 17.8. The number of aromatic amines is 1. The molecule has 5 rings (SSSR count). The first kappa shape index (κ1) is 35.5. The number of carbonyl (C=O) groups excluding carboxylic acids is 3. The van der Waals surface area contributed by atoms with E-state index >= 15 is 0 Å². The molecule has 0 spiro atoms. The number of fused-ring (bicyclic) bond motifs is 5. The second-order valence-corrected chi connectivity index (χ2v) is 13.3. The predicted molar refractivity (Wildman–Crippen MR) is 156 cm³/mol. The zero-order valence-electron chi connectivity index (χ0n) is 25.7. The van der Waals surface area contributed by atoms with E-state index in [1.54, 1.807) is 38.3 Å². The fourth-order valence-electron chi connectivity index (χ4n) is 5.17. The molecular formula is C30H32F3N3O10S. The van der Waals surface area contributed by atoms with E-state index < -0.39 is 50.8 Å². The lowest BCUT2D eigenvalue weighted by Gasteiger charge is -2.35. The van der Waals surface area contributed by atoms with E-state index in [2.05, 4.69) is 4.98 Å². The Kier molecular flexibility index (Phi) is 9.58. The summed E-state index contributed by atoms with van der Waals surface area (Å²) in [4.78, 5) is 55.4. The second-order valence-electron chi connectivity index (χ2n) is 11.9. The highest BCUT2D eigenvalue weighted by atomic mass is 32.2. The van der Waals surface area contributed by atoms with Crippen LogP contribution in [0.2, 0.25) is 0 Å². The van der Waals surface area contributed by atoms with Gasteiger partial charge in [0.05, 0.1) is 12.1 Å². The molecule has 0 unspecified atom stereocenters. The number of alkyl halides is 3. The number of halogens is 3. The van der Waals surface area contributed by atoms with Gasteiger partial charge in [0.2, 0.25) is 16.8 Å². The summed E-state index contributed by atoms with van der Waals surface area (Å²) in [6.07, 6.45) is -0.200. The molecule has 2 aromatic heterocycles. The highest BCUT2D eigenvalue weighted by Crippen LogP contribution is 2.40. The lowest BCUT2D eigenvalue weighted by atomic mass is 9.85. The van der Waals surface area contributed by atoms with Crippen molar-refractivity contribution in [3.05, 3.63) is 63.4 Å². The van der Waals surface area contributed by atoms with Gasteiger partial charge in [-0.25, -0.2) is 18.2 Å². The molecule has 13 nitrogen and oxygen atoms in total. The summed E-state index contributed by atoms with van der Waals surface area (Å²) in [6.45, 7) is 7.02. The number of carbonyl (C=O) groups is 3. The van der Waals surface area contributed by atoms with Gasteiger partial charge < -0.3 is 24.5 Å². The third-order valence-electron chi connectivity index (χ3n) is 7.41. The van der Waals surface area contributed by atoms with Crippen molar-refractivity contribution in [2.75, 3.05) is 0 Å². The van der Waals surface area contributed by atoms with Crippen LogP contribution < -0.4 is 16.3 Å². The molecular weight excluding hydrogens is 651 g/mol. The van der Waals surface area contributed by atoms with Gasteiger partial charge in [-0.2, -0.15) is 13.2 Å². The number of aromatic nitrogens is 2. The summed E-state index contributed by atoms with van der Waals surface area (Å²) in [6, 6.07) is 10.6. The molecule has 17 heteroatoms. The lowest BCUT2D eigenvalue weighted by molar-refractivity contribution is -0.331. The molecule has 254 valence electrons. The number of esters is 3. The SMILES string of the molecule is CC[C@@]1(OC(=O)CC[C@H](N)C(=O)OC(C)(C)C)C(=O)OCc2c1cc1n(c2=O)Cc2cc3ccccc3[nH+]c2-1.O=S(=O)([O-])C(F)(F)F. The monoisotopic (exact) mass is 683 g/mol.